The third-order valence-electron chi connectivity index (χ3n) is 4.56. The van der Waals surface area contributed by atoms with E-state index in [1.807, 2.05) is 12.3 Å². The third kappa shape index (κ3) is 2.46. The second-order valence-corrected chi connectivity index (χ2v) is 6.17. The van der Waals surface area contributed by atoms with Crippen LogP contribution in [0.25, 0.3) is 11.1 Å². The van der Waals surface area contributed by atoms with Crippen molar-refractivity contribution in [3.63, 3.8) is 0 Å². The highest BCUT2D eigenvalue weighted by Gasteiger charge is 2.32. The second kappa shape index (κ2) is 5.32. The van der Waals surface area contributed by atoms with E-state index in [2.05, 4.69) is 15.2 Å². The van der Waals surface area contributed by atoms with Gasteiger partial charge in [0.2, 0.25) is 0 Å². The lowest BCUT2D eigenvalue weighted by atomic mass is 9.99. The smallest absolute Gasteiger partial charge is 0.133 e. The molecule has 2 aliphatic heterocycles. The maximum absolute atomic E-state index is 14.0. The van der Waals surface area contributed by atoms with Gasteiger partial charge in [-0.15, -0.1) is 0 Å². The number of aromatic nitrogens is 1. The second-order valence-electron chi connectivity index (χ2n) is 6.17. The molecule has 1 N–H and O–H groups in total. The number of fused-ring (bicyclic) bond motifs is 2. The fourth-order valence-electron chi connectivity index (χ4n) is 3.52. The topological polar surface area (TPSA) is 28.2 Å². The first-order chi connectivity index (χ1) is 10.7. The van der Waals surface area contributed by atoms with Gasteiger partial charge in [0, 0.05) is 49.1 Å². The molecule has 0 amide bonds. The fraction of sp³-hybridized carbons (Fsp3) is 0.353. The van der Waals surface area contributed by atoms with Crippen LogP contribution in [0, 0.1) is 17.6 Å². The van der Waals surface area contributed by atoms with Crippen molar-refractivity contribution in [2.24, 2.45) is 5.92 Å². The van der Waals surface area contributed by atoms with E-state index in [1.165, 1.54) is 18.6 Å². The Bertz CT molecular complexity index is 692. The van der Waals surface area contributed by atoms with E-state index >= 15 is 0 Å². The van der Waals surface area contributed by atoms with Crippen LogP contribution in [-0.2, 0) is 0 Å². The van der Waals surface area contributed by atoms with E-state index in [-0.39, 0.29) is 0 Å². The van der Waals surface area contributed by atoms with Gasteiger partial charge in [0.1, 0.15) is 11.6 Å². The Balaban J connectivity index is 1.65. The molecular formula is C17H17F2N3. The number of rotatable bonds is 2. The molecule has 0 saturated carbocycles. The van der Waals surface area contributed by atoms with Crippen LogP contribution >= 0.6 is 0 Å². The maximum atomic E-state index is 14.0. The van der Waals surface area contributed by atoms with Gasteiger partial charge in [0.15, 0.2) is 0 Å². The van der Waals surface area contributed by atoms with Crippen molar-refractivity contribution < 1.29 is 8.78 Å². The molecule has 2 bridgehead atoms. The number of hydrogen-bond acceptors (Lipinski definition) is 3. The zero-order chi connectivity index (χ0) is 15.1. The van der Waals surface area contributed by atoms with E-state index in [1.54, 1.807) is 6.20 Å². The Labute approximate surface area is 128 Å². The molecule has 3 nitrogen and oxygen atoms in total. The lowest BCUT2D eigenvalue weighted by molar-refractivity contribution is 0.474. The van der Waals surface area contributed by atoms with Crippen molar-refractivity contribution >= 4 is 5.69 Å². The van der Waals surface area contributed by atoms with Crippen LogP contribution in [0.4, 0.5) is 14.5 Å². The molecule has 1 aromatic carbocycles. The number of nitrogens with one attached hydrogen (secondary N) is 1. The Morgan fingerprint density at radius 3 is 2.86 bits per heavy atom. The lowest BCUT2D eigenvalue weighted by Crippen LogP contribution is -2.41. The van der Waals surface area contributed by atoms with Crippen molar-refractivity contribution in [3.05, 3.63) is 48.3 Å². The first-order valence-electron chi connectivity index (χ1n) is 7.58. The summed E-state index contributed by atoms with van der Waals surface area (Å²) in [7, 11) is 0. The molecular weight excluding hydrogens is 284 g/mol. The van der Waals surface area contributed by atoms with Crippen molar-refractivity contribution in [1.29, 1.82) is 0 Å². The molecule has 22 heavy (non-hydrogen) atoms. The molecule has 114 valence electrons. The summed E-state index contributed by atoms with van der Waals surface area (Å²) in [6.45, 7) is 3.02. The minimum absolute atomic E-state index is 0.383. The number of nitrogens with zero attached hydrogens (tertiary/aromatic N) is 2. The van der Waals surface area contributed by atoms with Gasteiger partial charge in [-0.25, -0.2) is 8.78 Å². The fourth-order valence-corrected chi connectivity index (χ4v) is 3.52. The van der Waals surface area contributed by atoms with Crippen LogP contribution in [0.15, 0.2) is 36.7 Å². The number of pyridine rings is 1. The first kappa shape index (κ1) is 13.6. The van der Waals surface area contributed by atoms with E-state index in [0.717, 1.165) is 31.4 Å². The van der Waals surface area contributed by atoms with Gasteiger partial charge in [-0.3, -0.25) is 4.98 Å². The van der Waals surface area contributed by atoms with Crippen molar-refractivity contribution in [2.45, 2.75) is 12.5 Å². The van der Waals surface area contributed by atoms with Gasteiger partial charge in [0.25, 0.3) is 0 Å². The molecule has 3 heterocycles. The summed E-state index contributed by atoms with van der Waals surface area (Å²) in [5.41, 5.74) is 2.06. The summed E-state index contributed by atoms with van der Waals surface area (Å²) in [4.78, 5) is 6.55. The number of piperidine rings is 1. The molecule has 2 saturated heterocycles. The molecule has 0 spiro atoms. The molecule has 1 aromatic heterocycles. The number of anilines is 1. The molecule has 0 radical (unpaired) electrons. The highest BCUT2D eigenvalue weighted by atomic mass is 19.1. The number of benzene rings is 1. The van der Waals surface area contributed by atoms with E-state index in [4.69, 9.17) is 0 Å². The summed E-state index contributed by atoms with van der Waals surface area (Å²) >= 11 is 0. The largest absolute Gasteiger partial charge is 0.368 e. The zero-order valence-electron chi connectivity index (χ0n) is 12.1. The van der Waals surface area contributed by atoms with Gasteiger partial charge in [-0.2, -0.15) is 0 Å². The highest BCUT2D eigenvalue weighted by Crippen LogP contribution is 2.30. The average molecular weight is 301 g/mol. The van der Waals surface area contributed by atoms with Crippen LogP contribution in [0.3, 0.4) is 0 Å². The summed E-state index contributed by atoms with van der Waals surface area (Å²) in [6.07, 6.45) is 4.67. The normalized spacial score (nSPS) is 23.8. The van der Waals surface area contributed by atoms with Crippen LogP contribution < -0.4 is 10.2 Å². The van der Waals surface area contributed by atoms with Crippen LogP contribution in [0.5, 0.6) is 0 Å². The van der Waals surface area contributed by atoms with Gasteiger partial charge in [0.05, 0.1) is 11.9 Å². The quantitative estimate of drug-likeness (QED) is 0.924. The van der Waals surface area contributed by atoms with Crippen LogP contribution in [-0.4, -0.2) is 30.7 Å². The van der Waals surface area contributed by atoms with Crippen LogP contribution in [0.1, 0.15) is 6.42 Å². The average Bonchev–Trinajstić information content (AvgIpc) is 2.86. The van der Waals surface area contributed by atoms with Gasteiger partial charge in [-0.05, 0) is 30.5 Å². The molecule has 0 aliphatic carbocycles. The minimum atomic E-state index is -0.566. The SMILES string of the molecule is Fc1ccc(-c2cncc(N3C[C@H]4CN[C@@H](C4)C3)c2)c(F)c1. The highest BCUT2D eigenvalue weighted by molar-refractivity contribution is 5.67. The Morgan fingerprint density at radius 2 is 2.05 bits per heavy atom. The number of halogens is 2. The van der Waals surface area contributed by atoms with Gasteiger partial charge < -0.3 is 10.2 Å². The Morgan fingerprint density at radius 1 is 1.14 bits per heavy atom. The van der Waals surface area contributed by atoms with Crippen molar-refractivity contribution in [1.82, 2.24) is 10.3 Å². The van der Waals surface area contributed by atoms with Gasteiger partial charge in [-0.1, -0.05) is 0 Å². The first-order valence-corrected chi connectivity index (χ1v) is 7.58. The molecule has 4 rings (SSSR count). The van der Waals surface area contributed by atoms with Crippen molar-refractivity contribution in [3.8, 4) is 11.1 Å². The van der Waals surface area contributed by atoms with Crippen molar-refractivity contribution in [2.75, 3.05) is 24.5 Å². The van der Waals surface area contributed by atoms with E-state index < -0.39 is 11.6 Å². The molecule has 2 aromatic rings. The third-order valence-corrected chi connectivity index (χ3v) is 4.56. The van der Waals surface area contributed by atoms with E-state index in [9.17, 15) is 8.78 Å². The summed E-state index contributed by atoms with van der Waals surface area (Å²) in [5.74, 6) is -0.451. The van der Waals surface area contributed by atoms with Gasteiger partial charge >= 0.3 is 0 Å². The molecule has 5 heteroatoms. The van der Waals surface area contributed by atoms with E-state index in [0.29, 0.717) is 23.1 Å². The Hall–Kier alpha value is -2.01. The molecule has 2 fully saturated rings. The van der Waals surface area contributed by atoms with Crippen LogP contribution in [0.2, 0.25) is 0 Å². The molecule has 2 aliphatic rings. The maximum Gasteiger partial charge on any atom is 0.133 e. The lowest BCUT2D eigenvalue weighted by Gasteiger charge is -2.32. The summed E-state index contributed by atoms with van der Waals surface area (Å²) < 4.78 is 27.0. The predicted octanol–water partition coefficient (Wildman–Crippen LogP) is 2.82. The monoisotopic (exact) mass is 301 g/mol. The predicted molar refractivity (Wildman–Crippen MR) is 81.7 cm³/mol. The minimum Gasteiger partial charge on any atom is -0.368 e. The Kier molecular flexibility index (Phi) is 3.30. The summed E-state index contributed by atoms with van der Waals surface area (Å²) in [5, 5.41) is 3.52. The molecule has 0 unspecified atom stereocenters. The summed E-state index contributed by atoms with van der Waals surface area (Å²) in [6, 6.07) is 6.12. The number of hydrogen-bond donors (Lipinski definition) is 1. The standard InChI is InChI=1S/C17H17F2N3/c18-13-1-2-16(17(19)5-13)12-4-15(8-20-7-12)22-9-11-3-14(10-22)21-6-11/h1-2,4-5,7-8,11,14,21H,3,6,9-10H2/t11-,14+/m1/s1. The molecule has 2 atom stereocenters. The zero-order valence-corrected chi connectivity index (χ0v) is 12.1.